The van der Waals surface area contributed by atoms with Crippen molar-refractivity contribution in [2.75, 3.05) is 13.1 Å². The number of aryl methyl sites for hydroxylation is 2. The molecule has 2 aromatic rings. The number of aromatic nitrogens is 1. The van der Waals surface area contributed by atoms with E-state index in [1.165, 1.54) is 0 Å². The zero-order valence-electron chi connectivity index (χ0n) is 12.4. The molecule has 3 rings (SSSR count). The lowest BCUT2D eigenvalue weighted by Crippen LogP contribution is -2.56. The molecule has 0 atom stereocenters. The maximum Gasteiger partial charge on any atom is 0.259 e. The van der Waals surface area contributed by atoms with E-state index in [0.29, 0.717) is 41.4 Å². The molecular weight excluding hydrogens is 282 g/mol. The number of benzene rings is 1. The van der Waals surface area contributed by atoms with Gasteiger partial charge in [0.15, 0.2) is 0 Å². The highest BCUT2D eigenvalue weighted by molar-refractivity contribution is 5.96. The van der Waals surface area contributed by atoms with Crippen molar-refractivity contribution in [2.24, 2.45) is 0 Å². The van der Waals surface area contributed by atoms with Gasteiger partial charge in [-0.3, -0.25) is 4.79 Å². The minimum atomic E-state index is -0.0732. The van der Waals surface area contributed by atoms with Gasteiger partial charge in [0.2, 0.25) is 0 Å². The molecule has 1 aliphatic heterocycles. The molecular formula is C16H15N3O3. The Morgan fingerprint density at radius 2 is 2.05 bits per heavy atom. The summed E-state index contributed by atoms with van der Waals surface area (Å²) in [5.41, 5.74) is 1.74. The van der Waals surface area contributed by atoms with Crippen LogP contribution in [0.15, 0.2) is 28.8 Å². The van der Waals surface area contributed by atoms with Crippen molar-refractivity contribution in [3.8, 4) is 11.8 Å². The molecule has 6 heteroatoms. The van der Waals surface area contributed by atoms with Crippen LogP contribution in [-0.4, -0.2) is 35.2 Å². The van der Waals surface area contributed by atoms with Gasteiger partial charge in [0, 0.05) is 0 Å². The van der Waals surface area contributed by atoms with Gasteiger partial charge in [-0.25, -0.2) is 0 Å². The molecule has 0 unspecified atom stereocenters. The third-order valence-electron chi connectivity index (χ3n) is 3.67. The van der Waals surface area contributed by atoms with Gasteiger partial charge in [0.25, 0.3) is 5.91 Å². The molecule has 1 aromatic carbocycles. The summed E-state index contributed by atoms with van der Waals surface area (Å²) in [5.74, 6) is 1.17. The van der Waals surface area contributed by atoms with Crippen molar-refractivity contribution in [1.29, 1.82) is 5.26 Å². The molecule has 0 aliphatic carbocycles. The highest BCUT2D eigenvalue weighted by Crippen LogP contribution is 2.22. The summed E-state index contributed by atoms with van der Waals surface area (Å²) < 4.78 is 10.8. The Labute approximate surface area is 127 Å². The van der Waals surface area contributed by atoms with Crippen molar-refractivity contribution in [2.45, 2.75) is 20.0 Å². The molecule has 1 saturated heterocycles. The Balaban J connectivity index is 1.58. The molecule has 2 heterocycles. The Bertz CT molecular complexity index is 717. The average molecular weight is 297 g/mol. The molecule has 1 aliphatic rings. The lowest BCUT2D eigenvalue weighted by Gasteiger charge is -2.38. The van der Waals surface area contributed by atoms with E-state index >= 15 is 0 Å². The van der Waals surface area contributed by atoms with Crippen LogP contribution in [0.2, 0.25) is 0 Å². The van der Waals surface area contributed by atoms with E-state index in [2.05, 4.69) is 11.2 Å². The summed E-state index contributed by atoms with van der Waals surface area (Å²) in [6.45, 7) is 4.55. The van der Waals surface area contributed by atoms with Crippen LogP contribution < -0.4 is 4.74 Å². The first kappa shape index (κ1) is 14.1. The quantitative estimate of drug-likeness (QED) is 0.866. The first-order valence-electron chi connectivity index (χ1n) is 6.97. The predicted octanol–water partition coefficient (Wildman–Crippen LogP) is 2.07. The van der Waals surface area contributed by atoms with Gasteiger partial charge in [-0.05, 0) is 38.1 Å². The third-order valence-corrected chi connectivity index (χ3v) is 3.67. The second-order valence-corrected chi connectivity index (χ2v) is 5.29. The first-order chi connectivity index (χ1) is 10.6. The van der Waals surface area contributed by atoms with Crippen LogP contribution in [-0.2, 0) is 0 Å². The zero-order valence-corrected chi connectivity index (χ0v) is 12.4. The molecule has 6 nitrogen and oxygen atoms in total. The standard InChI is InChI=1S/C16H15N3O3/c1-10-15(11(2)22-18-10)16(20)19-8-14(9-19)21-13-5-3-12(7-17)4-6-13/h3-6,14H,8-9H2,1-2H3. The molecule has 22 heavy (non-hydrogen) atoms. The van der Waals surface area contributed by atoms with Gasteiger partial charge in [0.1, 0.15) is 23.2 Å². The summed E-state index contributed by atoms with van der Waals surface area (Å²) in [4.78, 5) is 14.1. The van der Waals surface area contributed by atoms with E-state index in [4.69, 9.17) is 14.5 Å². The molecule has 0 spiro atoms. The van der Waals surface area contributed by atoms with Gasteiger partial charge >= 0.3 is 0 Å². The zero-order chi connectivity index (χ0) is 15.7. The fraction of sp³-hybridized carbons (Fsp3) is 0.312. The number of ether oxygens (including phenoxy) is 1. The predicted molar refractivity (Wildman–Crippen MR) is 77.5 cm³/mol. The lowest BCUT2D eigenvalue weighted by molar-refractivity contribution is 0.0176. The summed E-state index contributed by atoms with van der Waals surface area (Å²) in [7, 11) is 0. The molecule has 1 fully saturated rings. The van der Waals surface area contributed by atoms with Gasteiger partial charge in [-0.15, -0.1) is 0 Å². The van der Waals surface area contributed by atoms with Gasteiger partial charge in [0.05, 0.1) is 30.4 Å². The highest BCUT2D eigenvalue weighted by atomic mass is 16.5. The van der Waals surface area contributed by atoms with E-state index in [0.717, 1.165) is 0 Å². The highest BCUT2D eigenvalue weighted by Gasteiger charge is 2.35. The van der Waals surface area contributed by atoms with Crippen LogP contribution in [0.5, 0.6) is 5.75 Å². The number of nitriles is 1. The normalized spacial score (nSPS) is 14.3. The number of rotatable bonds is 3. The second kappa shape index (κ2) is 5.53. The smallest absolute Gasteiger partial charge is 0.259 e. The molecule has 112 valence electrons. The third kappa shape index (κ3) is 2.53. The summed E-state index contributed by atoms with van der Waals surface area (Å²) in [6, 6.07) is 9.00. The SMILES string of the molecule is Cc1noc(C)c1C(=O)N1CC(Oc2ccc(C#N)cc2)C1. The van der Waals surface area contributed by atoms with Crippen LogP contribution in [0.3, 0.4) is 0 Å². The van der Waals surface area contributed by atoms with E-state index in [-0.39, 0.29) is 12.0 Å². The number of carbonyl (C=O) groups is 1. The van der Waals surface area contributed by atoms with Crippen LogP contribution in [0.1, 0.15) is 27.4 Å². The maximum atomic E-state index is 12.3. The molecule has 0 bridgehead atoms. The van der Waals surface area contributed by atoms with E-state index in [9.17, 15) is 4.79 Å². The summed E-state index contributed by atoms with van der Waals surface area (Å²) >= 11 is 0. The summed E-state index contributed by atoms with van der Waals surface area (Å²) in [5, 5.41) is 12.6. The molecule has 1 amide bonds. The van der Waals surface area contributed by atoms with Gasteiger partial charge < -0.3 is 14.2 Å². The van der Waals surface area contributed by atoms with Crippen molar-refractivity contribution < 1.29 is 14.1 Å². The minimum Gasteiger partial charge on any atom is -0.487 e. The Kier molecular flexibility index (Phi) is 3.55. The van der Waals surface area contributed by atoms with Crippen molar-refractivity contribution >= 4 is 5.91 Å². The average Bonchev–Trinajstić information content (AvgIpc) is 2.81. The lowest BCUT2D eigenvalue weighted by atomic mass is 10.1. The Morgan fingerprint density at radius 3 is 2.59 bits per heavy atom. The number of carbonyl (C=O) groups excluding carboxylic acids is 1. The summed E-state index contributed by atoms with van der Waals surface area (Å²) in [6.07, 6.45) is -0.0302. The number of hydrogen-bond acceptors (Lipinski definition) is 5. The Hall–Kier alpha value is -2.81. The maximum absolute atomic E-state index is 12.3. The van der Waals surface area contributed by atoms with Crippen molar-refractivity contribution in [1.82, 2.24) is 10.1 Å². The van der Waals surface area contributed by atoms with Crippen LogP contribution >= 0.6 is 0 Å². The van der Waals surface area contributed by atoms with E-state index in [1.54, 1.807) is 43.0 Å². The van der Waals surface area contributed by atoms with Crippen molar-refractivity contribution in [3.63, 3.8) is 0 Å². The monoisotopic (exact) mass is 297 g/mol. The largest absolute Gasteiger partial charge is 0.487 e. The van der Waals surface area contributed by atoms with Crippen LogP contribution in [0.4, 0.5) is 0 Å². The second-order valence-electron chi connectivity index (χ2n) is 5.29. The Morgan fingerprint density at radius 1 is 1.36 bits per heavy atom. The fourth-order valence-corrected chi connectivity index (χ4v) is 2.43. The number of nitrogens with zero attached hydrogens (tertiary/aromatic N) is 3. The van der Waals surface area contributed by atoms with Gasteiger partial charge in [-0.2, -0.15) is 5.26 Å². The van der Waals surface area contributed by atoms with Crippen LogP contribution in [0.25, 0.3) is 0 Å². The molecule has 0 N–H and O–H groups in total. The number of amides is 1. The minimum absolute atomic E-state index is 0.0302. The van der Waals surface area contributed by atoms with E-state index < -0.39 is 0 Å². The van der Waals surface area contributed by atoms with E-state index in [1.807, 2.05) is 0 Å². The van der Waals surface area contributed by atoms with Crippen LogP contribution in [0, 0.1) is 25.2 Å². The molecule has 1 aromatic heterocycles. The topological polar surface area (TPSA) is 79.4 Å². The first-order valence-corrected chi connectivity index (χ1v) is 6.97. The number of hydrogen-bond donors (Lipinski definition) is 0. The van der Waals surface area contributed by atoms with Crippen molar-refractivity contribution in [3.05, 3.63) is 46.8 Å². The number of likely N-dealkylation sites (tertiary alicyclic amines) is 1. The molecule has 0 radical (unpaired) electrons. The fourth-order valence-electron chi connectivity index (χ4n) is 2.43. The molecule has 0 saturated carbocycles. The van der Waals surface area contributed by atoms with Gasteiger partial charge in [-0.1, -0.05) is 5.16 Å².